The van der Waals surface area contributed by atoms with Crippen molar-refractivity contribution < 1.29 is 14.3 Å². The third-order valence-corrected chi connectivity index (χ3v) is 7.49. The Kier molecular flexibility index (Phi) is 9.50. The molecule has 1 aromatic carbocycles. The molecule has 1 aliphatic rings. The van der Waals surface area contributed by atoms with Crippen molar-refractivity contribution in [1.29, 1.82) is 0 Å². The van der Waals surface area contributed by atoms with E-state index in [0.29, 0.717) is 36.1 Å². The quantitative estimate of drug-likeness (QED) is 0.239. The lowest BCUT2D eigenvalue weighted by Crippen LogP contribution is -2.33. The number of carbonyl (C=O) groups excluding carboxylic acids is 2. The largest absolute Gasteiger partial charge is 0.438 e. The van der Waals surface area contributed by atoms with Crippen LogP contribution in [0.1, 0.15) is 61.0 Å². The summed E-state index contributed by atoms with van der Waals surface area (Å²) in [5.74, 6) is 1.85. The lowest BCUT2D eigenvalue weighted by atomic mass is 9.79. The number of carbonyl (C=O) groups is 2. The molecule has 1 amide bonds. The SMILES string of the molecule is CSc1ccc(Oc2ncccc2C(=O)CCCC2CCC(C(=O)NCc3ccccn3)CC2)cc1. The second kappa shape index (κ2) is 13.2. The summed E-state index contributed by atoms with van der Waals surface area (Å²) in [6.45, 7) is 0.477. The highest BCUT2D eigenvalue weighted by Crippen LogP contribution is 2.33. The van der Waals surface area contributed by atoms with Gasteiger partial charge in [0.15, 0.2) is 5.78 Å². The molecule has 0 unspecified atom stereocenters. The smallest absolute Gasteiger partial charge is 0.230 e. The van der Waals surface area contributed by atoms with Crippen LogP contribution >= 0.6 is 11.8 Å². The fraction of sp³-hybridized carbons (Fsp3) is 0.379. The Balaban J connectivity index is 1.20. The zero-order chi connectivity index (χ0) is 25.2. The van der Waals surface area contributed by atoms with Crippen LogP contribution in [0.15, 0.2) is 71.9 Å². The van der Waals surface area contributed by atoms with Crippen LogP contribution in [-0.4, -0.2) is 27.9 Å². The summed E-state index contributed by atoms with van der Waals surface area (Å²) >= 11 is 1.67. The summed E-state index contributed by atoms with van der Waals surface area (Å²) in [7, 11) is 0. The van der Waals surface area contributed by atoms with Gasteiger partial charge in [-0.15, -0.1) is 11.8 Å². The average molecular weight is 504 g/mol. The Bertz CT molecular complexity index is 1130. The molecule has 1 N–H and O–H groups in total. The van der Waals surface area contributed by atoms with E-state index in [1.165, 1.54) is 0 Å². The number of ether oxygens (including phenoxy) is 1. The number of Topliss-reactive ketones (excluding diaryl/α,β-unsaturated/α-hetero) is 1. The molecule has 6 nitrogen and oxygen atoms in total. The Morgan fingerprint density at radius 1 is 0.972 bits per heavy atom. The van der Waals surface area contributed by atoms with E-state index < -0.39 is 0 Å². The Morgan fingerprint density at radius 2 is 1.75 bits per heavy atom. The van der Waals surface area contributed by atoms with Crippen molar-refractivity contribution in [3.05, 3.63) is 78.2 Å². The topological polar surface area (TPSA) is 81.2 Å². The molecule has 1 saturated carbocycles. The first-order valence-corrected chi connectivity index (χ1v) is 13.8. The molecule has 0 spiro atoms. The third kappa shape index (κ3) is 7.40. The first-order chi connectivity index (χ1) is 17.6. The van der Waals surface area contributed by atoms with E-state index in [-0.39, 0.29) is 17.6 Å². The number of nitrogens with zero attached hydrogens (tertiary/aromatic N) is 2. The lowest BCUT2D eigenvalue weighted by molar-refractivity contribution is -0.126. The van der Waals surface area contributed by atoms with Crippen LogP contribution in [0.2, 0.25) is 0 Å². The molecule has 0 bridgehead atoms. The number of pyridine rings is 2. The van der Waals surface area contributed by atoms with Gasteiger partial charge in [-0.2, -0.15) is 0 Å². The van der Waals surface area contributed by atoms with Crippen molar-refractivity contribution >= 4 is 23.5 Å². The fourth-order valence-electron chi connectivity index (χ4n) is 4.66. The van der Waals surface area contributed by atoms with Crippen molar-refractivity contribution in [2.24, 2.45) is 11.8 Å². The van der Waals surface area contributed by atoms with E-state index in [4.69, 9.17) is 4.74 Å². The minimum absolute atomic E-state index is 0.0569. The predicted molar refractivity (Wildman–Crippen MR) is 142 cm³/mol. The summed E-state index contributed by atoms with van der Waals surface area (Å²) < 4.78 is 5.93. The maximum atomic E-state index is 12.9. The standard InChI is InChI=1S/C29H33N3O3S/c1-36-25-16-14-24(15-17-25)35-29-26(8-5-19-31-29)27(33)9-4-6-21-10-12-22(13-11-21)28(34)32-20-23-7-2-3-18-30-23/h2-3,5,7-8,14-19,21-22H,4,6,9-13,20H2,1H3,(H,32,34). The van der Waals surface area contributed by atoms with Gasteiger partial charge in [-0.3, -0.25) is 14.6 Å². The molecular weight excluding hydrogens is 470 g/mol. The molecule has 0 atom stereocenters. The zero-order valence-electron chi connectivity index (χ0n) is 20.7. The normalized spacial score (nSPS) is 17.4. The number of rotatable bonds is 11. The van der Waals surface area contributed by atoms with Crippen molar-refractivity contribution in [1.82, 2.24) is 15.3 Å². The molecule has 0 saturated heterocycles. The van der Waals surface area contributed by atoms with Gasteiger partial charge >= 0.3 is 0 Å². The number of thioether (sulfide) groups is 1. The van der Waals surface area contributed by atoms with Gasteiger partial charge in [-0.05, 0) is 92.8 Å². The molecule has 36 heavy (non-hydrogen) atoms. The first-order valence-electron chi connectivity index (χ1n) is 12.6. The van der Waals surface area contributed by atoms with Crippen LogP contribution in [0.25, 0.3) is 0 Å². The molecule has 2 aromatic heterocycles. The van der Waals surface area contributed by atoms with E-state index in [0.717, 1.165) is 49.1 Å². The van der Waals surface area contributed by atoms with Crippen molar-refractivity contribution in [2.45, 2.75) is 56.4 Å². The summed E-state index contributed by atoms with van der Waals surface area (Å²) in [6.07, 6.45) is 11.6. The van der Waals surface area contributed by atoms with E-state index in [1.807, 2.05) is 48.7 Å². The van der Waals surface area contributed by atoms with Crippen molar-refractivity contribution in [2.75, 3.05) is 6.26 Å². The summed E-state index contributed by atoms with van der Waals surface area (Å²) in [4.78, 5) is 35.2. The highest BCUT2D eigenvalue weighted by molar-refractivity contribution is 7.98. The van der Waals surface area contributed by atoms with Crippen LogP contribution in [-0.2, 0) is 11.3 Å². The molecule has 1 fully saturated rings. The fourth-order valence-corrected chi connectivity index (χ4v) is 5.07. The monoisotopic (exact) mass is 503 g/mol. The summed E-state index contributed by atoms with van der Waals surface area (Å²) in [5.41, 5.74) is 1.40. The van der Waals surface area contributed by atoms with Gasteiger partial charge in [0.05, 0.1) is 17.8 Å². The number of hydrogen-bond donors (Lipinski definition) is 1. The van der Waals surface area contributed by atoms with Crippen LogP contribution in [0.3, 0.4) is 0 Å². The number of aromatic nitrogens is 2. The third-order valence-electron chi connectivity index (χ3n) is 6.75. The van der Waals surface area contributed by atoms with Crippen LogP contribution in [0, 0.1) is 11.8 Å². The first kappa shape index (κ1) is 25.9. The number of ketones is 1. The van der Waals surface area contributed by atoms with Crippen LogP contribution in [0.4, 0.5) is 0 Å². The van der Waals surface area contributed by atoms with Crippen molar-refractivity contribution in [3.8, 4) is 11.6 Å². The van der Waals surface area contributed by atoms with E-state index >= 15 is 0 Å². The van der Waals surface area contributed by atoms with Gasteiger partial charge in [0, 0.05) is 29.6 Å². The van der Waals surface area contributed by atoms with E-state index in [1.54, 1.807) is 36.3 Å². The molecule has 0 radical (unpaired) electrons. The molecule has 1 aliphatic carbocycles. The number of nitrogens with one attached hydrogen (secondary N) is 1. The molecule has 188 valence electrons. The van der Waals surface area contributed by atoms with Gasteiger partial charge in [0.25, 0.3) is 0 Å². The Morgan fingerprint density at radius 3 is 2.47 bits per heavy atom. The maximum absolute atomic E-state index is 12.9. The molecular formula is C29H33N3O3S. The molecule has 3 aromatic rings. The lowest BCUT2D eigenvalue weighted by Gasteiger charge is -2.27. The van der Waals surface area contributed by atoms with Crippen LogP contribution in [0.5, 0.6) is 11.6 Å². The second-order valence-corrected chi connectivity index (χ2v) is 10.1. The number of hydrogen-bond acceptors (Lipinski definition) is 6. The average Bonchev–Trinajstić information content (AvgIpc) is 2.93. The van der Waals surface area contributed by atoms with Gasteiger partial charge in [-0.1, -0.05) is 12.5 Å². The maximum Gasteiger partial charge on any atom is 0.230 e. The Hall–Kier alpha value is -3.19. The Labute approximate surface area is 217 Å². The molecule has 0 aliphatic heterocycles. The van der Waals surface area contributed by atoms with E-state index in [2.05, 4.69) is 15.3 Å². The number of amides is 1. The molecule has 7 heteroatoms. The van der Waals surface area contributed by atoms with Crippen molar-refractivity contribution in [3.63, 3.8) is 0 Å². The van der Waals surface area contributed by atoms with Gasteiger partial charge in [-0.25, -0.2) is 4.98 Å². The molecule has 4 rings (SSSR count). The molecule has 2 heterocycles. The van der Waals surface area contributed by atoms with Gasteiger partial charge in [0.1, 0.15) is 5.75 Å². The number of benzene rings is 1. The predicted octanol–water partition coefficient (Wildman–Crippen LogP) is 6.47. The van der Waals surface area contributed by atoms with Gasteiger partial charge < -0.3 is 10.1 Å². The summed E-state index contributed by atoms with van der Waals surface area (Å²) in [6, 6.07) is 17.0. The highest BCUT2D eigenvalue weighted by Gasteiger charge is 2.26. The zero-order valence-corrected chi connectivity index (χ0v) is 21.5. The minimum Gasteiger partial charge on any atom is -0.438 e. The minimum atomic E-state index is 0.0569. The van der Waals surface area contributed by atoms with Crippen LogP contribution < -0.4 is 10.1 Å². The van der Waals surface area contributed by atoms with E-state index in [9.17, 15) is 9.59 Å². The highest BCUT2D eigenvalue weighted by atomic mass is 32.2. The van der Waals surface area contributed by atoms with Gasteiger partial charge in [0.2, 0.25) is 11.8 Å². The summed E-state index contributed by atoms with van der Waals surface area (Å²) in [5, 5.41) is 3.02. The second-order valence-electron chi connectivity index (χ2n) is 9.21.